The summed E-state index contributed by atoms with van der Waals surface area (Å²) in [5.74, 6) is 1.44. The van der Waals surface area contributed by atoms with Crippen molar-refractivity contribution in [3.05, 3.63) is 46.9 Å². The number of nitrogen functional groups attached to an aromatic ring is 1. The molecule has 92 valence electrons. The molecule has 1 heterocycles. The first kappa shape index (κ1) is 13.3. The summed E-state index contributed by atoms with van der Waals surface area (Å²) in [5.41, 5.74) is 9.07. The van der Waals surface area contributed by atoms with Crippen LogP contribution in [0.1, 0.15) is 33.3 Å². The highest BCUT2D eigenvalue weighted by Crippen LogP contribution is 2.17. The van der Waals surface area contributed by atoms with Crippen LogP contribution in [-0.2, 0) is 11.3 Å². The van der Waals surface area contributed by atoms with E-state index >= 15 is 0 Å². The van der Waals surface area contributed by atoms with Crippen molar-refractivity contribution in [3.63, 3.8) is 0 Å². The minimum absolute atomic E-state index is 0.511. The quantitative estimate of drug-likeness (QED) is 0.639. The second kappa shape index (κ2) is 6.09. The summed E-state index contributed by atoms with van der Waals surface area (Å²) in [6.45, 7) is 8.70. The van der Waals surface area contributed by atoms with Crippen molar-refractivity contribution >= 4 is 5.82 Å². The summed E-state index contributed by atoms with van der Waals surface area (Å²) in [7, 11) is 0. The van der Waals surface area contributed by atoms with E-state index in [1.165, 1.54) is 11.1 Å². The van der Waals surface area contributed by atoms with Crippen LogP contribution < -0.4 is 5.73 Å². The van der Waals surface area contributed by atoms with Gasteiger partial charge in [-0.2, -0.15) is 0 Å². The number of hydrogen-bond donors (Lipinski definition) is 1. The third-order valence-electron chi connectivity index (χ3n) is 2.62. The highest BCUT2D eigenvalue weighted by Gasteiger charge is 2.03. The molecule has 0 aromatic carbocycles. The first-order chi connectivity index (χ1) is 8.04. The number of allylic oxidation sites excluding steroid dienone is 3. The Hall–Kier alpha value is -1.77. The SMILES string of the molecule is CC=C(OCc1ccnc(N)c1)C(C)=C(C)C. The predicted molar refractivity (Wildman–Crippen MR) is 71.2 cm³/mol. The second-order valence-corrected chi connectivity index (χ2v) is 4.16. The van der Waals surface area contributed by atoms with Gasteiger partial charge >= 0.3 is 0 Å². The summed E-state index contributed by atoms with van der Waals surface area (Å²) < 4.78 is 5.78. The topological polar surface area (TPSA) is 48.1 Å². The summed E-state index contributed by atoms with van der Waals surface area (Å²) >= 11 is 0. The lowest BCUT2D eigenvalue weighted by molar-refractivity contribution is 0.205. The summed E-state index contributed by atoms with van der Waals surface area (Å²) in [4.78, 5) is 3.95. The number of anilines is 1. The van der Waals surface area contributed by atoms with Gasteiger partial charge < -0.3 is 10.5 Å². The Labute approximate surface area is 103 Å². The summed E-state index contributed by atoms with van der Waals surface area (Å²) in [6, 6.07) is 3.73. The van der Waals surface area contributed by atoms with Crippen molar-refractivity contribution in [2.75, 3.05) is 5.73 Å². The van der Waals surface area contributed by atoms with E-state index < -0.39 is 0 Å². The van der Waals surface area contributed by atoms with Crippen LogP contribution in [0.5, 0.6) is 0 Å². The van der Waals surface area contributed by atoms with Crippen LogP contribution in [0.15, 0.2) is 41.3 Å². The highest BCUT2D eigenvalue weighted by molar-refractivity contribution is 5.32. The molecule has 1 aromatic heterocycles. The molecule has 0 fully saturated rings. The van der Waals surface area contributed by atoms with Crippen LogP contribution in [-0.4, -0.2) is 4.98 Å². The Morgan fingerprint density at radius 2 is 2.12 bits per heavy atom. The average Bonchev–Trinajstić information content (AvgIpc) is 2.29. The minimum Gasteiger partial charge on any atom is -0.489 e. The zero-order chi connectivity index (χ0) is 12.8. The molecular weight excluding hydrogens is 212 g/mol. The molecule has 1 aromatic rings. The molecule has 1 rings (SSSR count). The monoisotopic (exact) mass is 232 g/mol. The van der Waals surface area contributed by atoms with Crippen LogP contribution in [0.2, 0.25) is 0 Å². The largest absolute Gasteiger partial charge is 0.489 e. The maximum atomic E-state index is 5.78. The van der Waals surface area contributed by atoms with Crippen molar-refractivity contribution in [2.45, 2.75) is 34.3 Å². The van der Waals surface area contributed by atoms with Crippen molar-refractivity contribution in [2.24, 2.45) is 0 Å². The molecule has 0 amide bonds. The predicted octanol–water partition coefficient (Wildman–Crippen LogP) is 3.44. The number of nitrogens with zero attached hydrogens (tertiary/aromatic N) is 1. The average molecular weight is 232 g/mol. The highest BCUT2D eigenvalue weighted by atomic mass is 16.5. The van der Waals surface area contributed by atoms with E-state index in [1.807, 2.05) is 25.1 Å². The van der Waals surface area contributed by atoms with Gasteiger partial charge in [0, 0.05) is 6.20 Å². The van der Waals surface area contributed by atoms with Crippen LogP contribution >= 0.6 is 0 Å². The molecule has 0 spiro atoms. The fourth-order valence-corrected chi connectivity index (χ4v) is 1.40. The molecule has 0 radical (unpaired) electrons. The number of rotatable bonds is 4. The number of aromatic nitrogens is 1. The van der Waals surface area contributed by atoms with Crippen LogP contribution in [0.4, 0.5) is 5.82 Å². The Balaban J connectivity index is 2.70. The number of ether oxygens (including phenoxy) is 1. The lowest BCUT2D eigenvalue weighted by atomic mass is 10.1. The first-order valence-corrected chi connectivity index (χ1v) is 5.68. The minimum atomic E-state index is 0.511. The molecule has 0 atom stereocenters. The van der Waals surface area contributed by atoms with Gasteiger partial charge in [-0.1, -0.05) is 5.57 Å². The molecule has 2 N–H and O–H groups in total. The maximum absolute atomic E-state index is 5.78. The molecular formula is C14H20N2O. The smallest absolute Gasteiger partial charge is 0.123 e. The van der Waals surface area contributed by atoms with E-state index in [2.05, 4.69) is 25.8 Å². The molecule has 0 unspecified atom stereocenters. The normalized spacial score (nSPS) is 11.2. The van der Waals surface area contributed by atoms with Crippen LogP contribution in [0.25, 0.3) is 0 Å². The first-order valence-electron chi connectivity index (χ1n) is 5.68. The molecule has 0 aliphatic carbocycles. The van der Waals surface area contributed by atoms with Crippen molar-refractivity contribution in [3.8, 4) is 0 Å². The lowest BCUT2D eigenvalue weighted by Gasteiger charge is -2.12. The van der Waals surface area contributed by atoms with Crippen molar-refractivity contribution in [1.82, 2.24) is 4.98 Å². The van der Waals surface area contributed by atoms with Crippen LogP contribution in [0.3, 0.4) is 0 Å². The van der Waals surface area contributed by atoms with Crippen molar-refractivity contribution < 1.29 is 4.74 Å². The molecule has 0 saturated heterocycles. The Bertz CT molecular complexity index is 443. The molecule has 0 aliphatic heterocycles. The zero-order valence-corrected chi connectivity index (χ0v) is 10.9. The second-order valence-electron chi connectivity index (χ2n) is 4.16. The number of hydrogen-bond acceptors (Lipinski definition) is 3. The van der Waals surface area contributed by atoms with Gasteiger partial charge in [0.2, 0.25) is 0 Å². The third kappa shape index (κ3) is 3.94. The number of pyridine rings is 1. The van der Waals surface area contributed by atoms with Gasteiger partial charge in [-0.05, 0) is 57.0 Å². The Morgan fingerprint density at radius 1 is 1.41 bits per heavy atom. The van der Waals surface area contributed by atoms with Gasteiger partial charge in [-0.25, -0.2) is 4.98 Å². The molecule has 0 saturated carbocycles. The summed E-state index contributed by atoms with van der Waals surface area (Å²) in [6.07, 6.45) is 3.67. The maximum Gasteiger partial charge on any atom is 0.123 e. The summed E-state index contributed by atoms with van der Waals surface area (Å²) in [5, 5.41) is 0. The van der Waals surface area contributed by atoms with Crippen LogP contribution in [0, 0.1) is 0 Å². The van der Waals surface area contributed by atoms with E-state index in [9.17, 15) is 0 Å². The fraction of sp³-hybridized carbons (Fsp3) is 0.357. The Morgan fingerprint density at radius 3 is 2.65 bits per heavy atom. The van der Waals surface area contributed by atoms with Gasteiger partial charge in [0.15, 0.2) is 0 Å². The van der Waals surface area contributed by atoms with Gasteiger partial charge in [-0.3, -0.25) is 0 Å². The molecule has 17 heavy (non-hydrogen) atoms. The molecule has 0 bridgehead atoms. The Kier molecular flexibility index (Phi) is 4.76. The van der Waals surface area contributed by atoms with Gasteiger partial charge in [0.1, 0.15) is 18.2 Å². The third-order valence-corrected chi connectivity index (χ3v) is 2.62. The van der Waals surface area contributed by atoms with E-state index in [4.69, 9.17) is 10.5 Å². The van der Waals surface area contributed by atoms with E-state index in [0.717, 1.165) is 11.3 Å². The van der Waals surface area contributed by atoms with E-state index in [1.54, 1.807) is 6.20 Å². The lowest BCUT2D eigenvalue weighted by Crippen LogP contribution is -1.98. The standard InChI is InChI=1S/C14H20N2O/c1-5-13(11(4)10(2)3)17-9-12-6-7-16-14(15)8-12/h5-8H,9H2,1-4H3,(H2,15,16). The van der Waals surface area contributed by atoms with Gasteiger partial charge in [-0.15, -0.1) is 0 Å². The molecule has 0 aliphatic rings. The zero-order valence-electron chi connectivity index (χ0n) is 10.9. The van der Waals surface area contributed by atoms with Crippen molar-refractivity contribution in [1.29, 1.82) is 0 Å². The number of nitrogens with two attached hydrogens (primary N) is 1. The van der Waals surface area contributed by atoms with Gasteiger partial charge in [0.05, 0.1) is 0 Å². The van der Waals surface area contributed by atoms with E-state index in [-0.39, 0.29) is 0 Å². The molecule has 3 heteroatoms. The van der Waals surface area contributed by atoms with Gasteiger partial charge in [0.25, 0.3) is 0 Å². The fourth-order valence-electron chi connectivity index (χ4n) is 1.40. The van der Waals surface area contributed by atoms with E-state index in [0.29, 0.717) is 12.4 Å². The molecule has 3 nitrogen and oxygen atoms in total.